The van der Waals surface area contributed by atoms with Crippen molar-refractivity contribution in [3.05, 3.63) is 240 Å². The lowest BCUT2D eigenvalue weighted by molar-refractivity contribution is 0.660. The van der Waals surface area contributed by atoms with Gasteiger partial charge in [0.25, 0.3) is 0 Å². The van der Waals surface area contributed by atoms with Crippen molar-refractivity contribution in [3.63, 3.8) is 0 Å². The van der Waals surface area contributed by atoms with Crippen molar-refractivity contribution >= 4 is 55.7 Å². The Morgan fingerprint density at radius 2 is 0.762 bits per heavy atom. The normalized spacial score (nSPS) is 14.1. The van der Waals surface area contributed by atoms with E-state index in [1.165, 1.54) is 111 Å². The molecule has 0 aromatic heterocycles. The average Bonchev–Trinajstić information content (AvgIpc) is 3.56. The van der Waals surface area contributed by atoms with Crippen molar-refractivity contribution in [1.29, 1.82) is 0 Å². The van der Waals surface area contributed by atoms with Crippen molar-refractivity contribution in [2.75, 3.05) is 9.80 Å². The smallest absolute Gasteiger partial charge is 0.0497 e. The molecule has 2 heteroatoms. The van der Waals surface area contributed by atoms with Crippen molar-refractivity contribution in [2.24, 2.45) is 0 Å². The Labute approximate surface area is 369 Å². The predicted octanol–water partition coefficient (Wildman–Crippen LogP) is 16.4. The van der Waals surface area contributed by atoms with E-state index < -0.39 is 0 Å². The van der Waals surface area contributed by atoms with Crippen LogP contribution in [0.2, 0.25) is 0 Å². The van der Waals surface area contributed by atoms with E-state index in [0.717, 1.165) is 24.2 Å². The molecule has 3 aliphatic rings. The summed E-state index contributed by atoms with van der Waals surface area (Å²) in [6, 6.07) is 77.4. The Bertz CT molecular complexity index is 3410. The molecule has 0 saturated heterocycles. The van der Waals surface area contributed by atoms with Crippen LogP contribution in [0.25, 0.3) is 54.9 Å². The molecule has 0 fully saturated rings. The fraction of sp³-hybridized carbons (Fsp3) is 0.0820. The number of benzene rings is 10. The van der Waals surface area contributed by atoms with Gasteiger partial charge in [-0.05, 0) is 143 Å². The number of fused-ring (bicyclic) bond motifs is 9. The quantitative estimate of drug-likeness (QED) is 0.164. The van der Waals surface area contributed by atoms with Crippen LogP contribution in [0.1, 0.15) is 47.2 Å². The van der Waals surface area contributed by atoms with Gasteiger partial charge in [-0.15, -0.1) is 0 Å². The van der Waals surface area contributed by atoms with E-state index in [0.29, 0.717) is 0 Å². The molecule has 2 heterocycles. The number of anilines is 6. The Balaban J connectivity index is 1.13. The molecule has 10 aromatic rings. The highest BCUT2D eigenvalue weighted by Gasteiger charge is 2.36. The van der Waals surface area contributed by atoms with E-state index in [1.807, 2.05) is 0 Å². The Kier molecular flexibility index (Phi) is 7.81. The maximum atomic E-state index is 2.51. The third-order valence-corrected chi connectivity index (χ3v) is 14.2. The van der Waals surface area contributed by atoms with Crippen LogP contribution in [0.15, 0.2) is 206 Å². The number of rotatable bonds is 4. The summed E-state index contributed by atoms with van der Waals surface area (Å²) in [7, 11) is 0. The van der Waals surface area contributed by atoms with Gasteiger partial charge in [-0.1, -0.05) is 166 Å². The van der Waals surface area contributed by atoms with Crippen LogP contribution in [0.5, 0.6) is 0 Å². The topological polar surface area (TPSA) is 6.48 Å². The van der Waals surface area contributed by atoms with E-state index in [2.05, 4.69) is 230 Å². The molecular formula is C61H44N2. The van der Waals surface area contributed by atoms with Crippen molar-refractivity contribution < 1.29 is 0 Å². The van der Waals surface area contributed by atoms with Gasteiger partial charge in [-0.3, -0.25) is 0 Å². The first-order valence-electron chi connectivity index (χ1n) is 22.3. The second-order valence-electron chi connectivity index (χ2n) is 18.0. The van der Waals surface area contributed by atoms with Crippen LogP contribution in [0, 0.1) is 0 Å². The predicted molar refractivity (Wildman–Crippen MR) is 265 cm³/mol. The molecule has 0 bridgehead atoms. The fourth-order valence-electron chi connectivity index (χ4n) is 11.3. The lowest BCUT2D eigenvalue weighted by Gasteiger charge is -2.34. The number of hydrogen-bond donors (Lipinski definition) is 0. The largest absolute Gasteiger partial charge is 0.310 e. The van der Waals surface area contributed by atoms with Gasteiger partial charge in [0.05, 0.1) is 0 Å². The van der Waals surface area contributed by atoms with Gasteiger partial charge in [0.1, 0.15) is 0 Å². The summed E-state index contributed by atoms with van der Waals surface area (Å²) in [5.41, 5.74) is 22.9. The Morgan fingerprint density at radius 3 is 1.29 bits per heavy atom. The molecule has 0 atom stereocenters. The number of nitrogens with zero attached hydrogens (tertiary/aromatic N) is 2. The molecule has 13 rings (SSSR count). The van der Waals surface area contributed by atoms with Gasteiger partial charge < -0.3 is 9.80 Å². The molecule has 1 aliphatic carbocycles. The fourth-order valence-corrected chi connectivity index (χ4v) is 11.3. The molecule has 298 valence electrons. The summed E-state index contributed by atoms with van der Waals surface area (Å²) in [4.78, 5) is 4.97. The van der Waals surface area contributed by atoms with E-state index >= 15 is 0 Å². The van der Waals surface area contributed by atoms with Gasteiger partial charge in [-0.2, -0.15) is 0 Å². The second kappa shape index (κ2) is 13.7. The van der Waals surface area contributed by atoms with Gasteiger partial charge in [0.15, 0.2) is 0 Å². The maximum absolute atomic E-state index is 2.51. The third kappa shape index (κ3) is 5.38. The number of para-hydroxylation sites is 4. The minimum Gasteiger partial charge on any atom is -0.310 e. The number of hydrogen-bond acceptors (Lipinski definition) is 2. The van der Waals surface area contributed by atoms with E-state index in [9.17, 15) is 0 Å². The van der Waals surface area contributed by atoms with Gasteiger partial charge in [-0.25, -0.2) is 0 Å². The highest BCUT2D eigenvalue weighted by molar-refractivity contribution is 6.23. The first kappa shape index (κ1) is 36.0. The van der Waals surface area contributed by atoms with E-state index in [-0.39, 0.29) is 5.41 Å². The van der Waals surface area contributed by atoms with Gasteiger partial charge in [0.2, 0.25) is 0 Å². The van der Waals surface area contributed by atoms with Gasteiger partial charge in [0, 0.05) is 52.4 Å². The Morgan fingerprint density at radius 1 is 0.333 bits per heavy atom. The molecule has 0 radical (unpaired) electrons. The third-order valence-electron chi connectivity index (χ3n) is 14.2. The summed E-state index contributed by atoms with van der Waals surface area (Å²) in [5, 5.41) is 4.97. The standard InChI is InChI=1S/C61H44N2/c1-61(2)53-23-11-10-22-47(53)48-31-28-44(36-54(48)61)60-50-33-30-45(62-55-24-12-6-18-40(55)34-41-19-7-13-25-56(41)62)37-51(50)59(39-16-4-3-5-17-39)49-32-29-46(38-52(49)60)63-57-26-14-8-20-42(57)35-43-21-9-15-27-58(43)63/h3-33,36-38H,34-35H2,1-2H3. The van der Waals surface area contributed by atoms with Crippen LogP contribution < -0.4 is 9.80 Å². The molecule has 63 heavy (non-hydrogen) atoms. The molecule has 0 amide bonds. The zero-order valence-electron chi connectivity index (χ0n) is 35.4. The minimum atomic E-state index is -0.133. The van der Waals surface area contributed by atoms with Crippen LogP contribution in [0.4, 0.5) is 34.1 Å². The highest BCUT2D eigenvalue weighted by Crippen LogP contribution is 2.54. The van der Waals surface area contributed by atoms with Crippen LogP contribution >= 0.6 is 0 Å². The van der Waals surface area contributed by atoms with Gasteiger partial charge >= 0.3 is 0 Å². The minimum absolute atomic E-state index is 0.133. The first-order chi connectivity index (χ1) is 31.0. The highest BCUT2D eigenvalue weighted by atomic mass is 15.2. The lowest BCUT2D eigenvalue weighted by Crippen LogP contribution is -2.18. The van der Waals surface area contributed by atoms with Crippen LogP contribution in [-0.2, 0) is 18.3 Å². The second-order valence-corrected chi connectivity index (χ2v) is 18.0. The molecule has 0 spiro atoms. The molecule has 0 saturated carbocycles. The first-order valence-corrected chi connectivity index (χ1v) is 22.3. The van der Waals surface area contributed by atoms with E-state index in [4.69, 9.17) is 0 Å². The summed E-state index contributed by atoms with van der Waals surface area (Å²) >= 11 is 0. The molecule has 0 N–H and O–H groups in total. The molecule has 0 unspecified atom stereocenters. The zero-order chi connectivity index (χ0) is 41.8. The summed E-state index contributed by atoms with van der Waals surface area (Å²) in [6.07, 6.45) is 1.85. The maximum Gasteiger partial charge on any atom is 0.0497 e. The summed E-state index contributed by atoms with van der Waals surface area (Å²) in [6.45, 7) is 4.78. The van der Waals surface area contributed by atoms with E-state index in [1.54, 1.807) is 0 Å². The molecule has 10 aromatic carbocycles. The van der Waals surface area contributed by atoms with Crippen molar-refractivity contribution in [3.8, 4) is 33.4 Å². The monoisotopic (exact) mass is 804 g/mol. The van der Waals surface area contributed by atoms with Crippen LogP contribution in [0.3, 0.4) is 0 Å². The Hall–Kier alpha value is -7.68. The molecule has 2 nitrogen and oxygen atoms in total. The van der Waals surface area contributed by atoms with Crippen molar-refractivity contribution in [1.82, 2.24) is 0 Å². The van der Waals surface area contributed by atoms with Crippen LogP contribution in [-0.4, -0.2) is 0 Å². The molecule has 2 aliphatic heterocycles. The van der Waals surface area contributed by atoms with Crippen molar-refractivity contribution in [2.45, 2.75) is 32.1 Å². The summed E-state index contributed by atoms with van der Waals surface area (Å²) in [5.74, 6) is 0. The SMILES string of the molecule is CC1(C)c2ccccc2-c2ccc(-c3c4ccc(N5c6ccccc6Cc6ccccc65)cc4c(-c4ccccc4)c4ccc(N5c6ccccc6Cc6ccccc65)cc34)cc21. The lowest BCUT2D eigenvalue weighted by atomic mass is 9.80. The average molecular weight is 805 g/mol. The molecular weight excluding hydrogens is 761 g/mol. The zero-order valence-corrected chi connectivity index (χ0v) is 35.4. The summed E-state index contributed by atoms with van der Waals surface area (Å²) < 4.78 is 0.